The minimum absolute atomic E-state index is 0.0301. The van der Waals surface area contributed by atoms with Crippen molar-refractivity contribution in [3.8, 4) is 17.2 Å². The van der Waals surface area contributed by atoms with E-state index in [-0.39, 0.29) is 11.4 Å². The van der Waals surface area contributed by atoms with E-state index >= 15 is 0 Å². The fraction of sp³-hybridized carbons (Fsp3) is 0.0667. The molecule has 2 aromatic heterocycles. The molecule has 118 valence electrons. The first-order chi connectivity index (χ1) is 11.0. The lowest BCUT2D eigenvalue weighted by molar-refractivity contribution is 0.407. The molecule has 0 bridgehead atoms. The average Bonchev–Trinajstić information content (AvgIpc) is 2.50. The molecule has 3 rings (SSSR count). The third-order valence-corrected chi connectivity index (χ3v) is 3.62. The highest BCUT2D eigenvalue weighted by atomic mass is 79.9. The number of nitrogens with two attached hydrogens (primary N) is 1. The van der Waals surface area contributed by atoms with E-state index in [1.165, 1.54) is 19.4 Å². The van der Waals surface area contributed by atoms with E-state index in [0.29, 0.717) is 21.4 Å². The van der Waals surface area contributed by atoms with Crippen molar-refractivity contribution in [3.63, 3.8) is 0 Å². The first-order valence-electron chi connectivity index (χ1n) is 6.41. The quantitative estimate of drug-likeness (QED) is 0.547. The molecule has 5 nitrogen and oxygen atoms in total. The number of anilines is 1. The molecular weight excluding hydrogens is 372 g/mol. The number of halogens is 3. The fourth-order valence-corrected chi connectivity index (χ4v) is 2.47. The molecule has 0 aliphatic rings. The second-order valence-electron chi connectivity index (χ2n) is 4.57. The third-order valence-electron chi connectivity index (χ3n) is 3.05. The van der Waals surface area contributed by atoms with Crippen LogP contribution in [0.1, 0.15) is 0 Å². The lowest BCUT2D eigenvalue weighted by atomic mass is 10.2. The number of pyridine rings is 2. The van der Waals surface area contributed by atoms with E-state index in [1.807, 2.05) is 0 Å². The summed E-state index contributed by atoms with van der Waals surface area (Å²) in [4.78, 5) is 8.40. The van der Waals surface area contributed by atoms with Crippen molar-refractivity contribution in [1.29, 1.82) is 0 Å². The van der Waals surface area contributed by atoms with Crippen LogP contribution >= 0.6 is 15.9 Å². The number of aromatic nitrogens is 2. The Morgan fingerprint density at radius 1 is 1.13 bits per heavy atom. The van der Waals surface area contributed by atoms with Crippen LogP contribution in [-0.2, 0) is 0 Å². The first-order valence-corrected chi connectivity index (χ1v) is 7.20. The summed E-state index contributed by atoms with van der Waals surface area (Å²) in [6, 6.07) is 5.06. The maximum Gasteiger partial charge on any atom is 0.198 e. The highest BCUT2D eigenvalue weighted by molar-refractivity contribution is 9.10. The molecule has 2 heterocycles. The van der Waals surface area contributed by atoms with E-state index in [4.69, 9.17) is 15.2 Å². The van der Waals surface area contributed by atoms with E-state index in [1.54, 1.807) is 6.07 Å². The molecule has 0 spiro atoms. The highest BCUT2D eigenvalue weighted by Crippen LogP contribution is 2.35. The topological polar surface area (TPSA) is 70.3 Å². The van der Waals surface area contributed by atoms with Crippen LogP contribution in [-0.4, -0.2) is 17.1 Å². The number of nitrogens with zero attached hydrogens (tertiary/aromatic N) is 2. The van der Waals surface area contributed by atoms with Crippen LogP contribution in [0.3, 0.4) is 0 Å². The lowest BCUT2D eigenvalue weighted by Gasteiger charge is -2.11. The predicted octanol–water partition coefficient (Wildman–Crippen LogP) is 4.05. The summed E-state index contributed by atoms with van der Waals surface area (Å²) in [7, 11) is 1.49. The van der Waals surface area contributed by atoms with E-state index in [9.17, 15) is 8.78 Å². The molecule has 3 aromatic rings. The summed E-state index contributed by atoms with van der Waals surface area (Å²) >= 11 is 3.25. The molecule has 0 amide bonds. The maximum atomic E-state index is 13.9. The minimum atomic E-state index is -0.903. The Morgan fingerprint density at radius 2 is 1.83 bits per heavy atom. The minimum Gasteiger partial charge on any atom is -0.494 e. The van der Waals surface area contributed by atoms with Crippen LogP contribution in [0, 0.1) is 11.6 Å². The zero-order valence-corrected chi connectivity index (χ0v) is 13.4. The van der Waals surface area contributed by atoms with Gasteiger partial charge in [0.15, 0.2) is 28.9 Å². The van der Waals surface area contributed by atoms with Gasteiger partial charge in [-0.25, -0.2) is 13.8 Å². The van der Waals surface area contributed by atoms with E-state index in [2.05, 4.69) is 25.9 Å². The van der Waals surface area contributed by atoms with Gasteiger partial charge in [0, 0.05) is 36.1 Å². The summed E-state index contributed by atoms with van der Waals surface area (Å²) in [5, 5.41) is 0. The number of benzene rings is 1. The molecule has 0 fully saturated rings. The van der Waals surface area contributed by atoms with Crippen LogP contribution in [0.25, 0.3) is 11.0 Å². The van der Waals surface area contributed by atoms with Gasteiger partial charge >= 0.3 is 0 Å². The Bertz CT molecular complexity index is 882. The zero-order chi connectivity index (χ0) is 16.6. The Labute approximate surface area is 138 Å². The van der Waals surface area contributed by atoms with Gasteiger partial charge in [-0.1, -0.05) is 0 Å². The number of fused-ring (bicyclic) bond motifs is 1. The monoisotopic (exact) mass is 381 g/mol. The Morgan fingerprint density at radius 3 is 2.48 bits per heavy atom. The SMILES string of the molecule is COc1cc2nccc(Oc3c(F)cc(N)cc3F)c2nc1Br. The van der Waals surface area contributed by atoms with Gasteiger partial charge in [0.2, 0.25) is 0 Å². The number of methoxy groups -OCH3 is 1. The summed E-state index contributed by atoms with van der Waals surface area (Å²) in [6.07, 6.45) is 1.44. The summed E-state index contributed by atoms with van der Waals surface area (Å²) in [5.74, 6) is -1.73. The molecule has 0 aliphatic heterocycles. The molecule has 0 atom stereocenters. The molecule has 2 N–H and O–H groups in total. The van der Waals surface area contributed by atoms with Gasteiger partial charge in [0.1, 0.15) is 10.1 Å². The largest absolute Gasteiger partial charge is 0.494 e. The molecule has 0 saturated carbocycles. The molecule has 0 saturated heterocycles. The maximum absolute atomic E-state index is 13.9. The molecule has 8 heteroatoms. The molecule has 1 aromatic carbocycles. The number of ether oxygens (including phenoxy) is 2. The van der Waals surface area contributed by atoms with Crippen molar-refractivity contribution in [2.45, 2.75) is 0 Å². The normalized spacial score (nSPS) is 10.8. The van der Waals surface area contributed by atoms with Gasteiger partial charge in [0.25, 0.3) is 0 Å². The summed E-state index contributed by atoms with van der Waals surface area (Å²) < 4.78 is 38.7. The number of rotatable bonds is 3. The van der Waals surface area contributed by atoms with Gasteiger partial charge in [-0.05, 0) is 15.9 Å². The van der Waals surface area contributed by atoms with Crippen molar-refractivity contribution in [1.82, 2.24) is 9.97 Å². The van der Waals surface area contributed by atoms with Gasteiger partial charge in [-0.3, -0.25) is 4.98 Å². The van der Waals surface area contributed by atoms with Crippen LogP contribution in [0.4, 0.5) is 14.5 Å². The fourth-order valence-electron chi connectivity index (χ4n) is 2.02. The van der Waals surface area contributed by atoms with Crippen LogP contribution in [0.2, 0.25) is 0 Å². The Kier molecular flexibility index (Phi) is 3.99. The predicted molar refractivity (Wildman–Crippen MR) is 84.6 cm³/mol. The molecular formula is C15H10BrF2N3O2. The van der Waals surface area contributed by atoms with Crippen molar-refractivity contribution in [3.05, 3.63) is 46.7 Å². The molecule has 0 radical (unpaired) electrons. The summed E-state index contributed by atoms with van der Waals surface area (Å²) in [5.41, 5.74) is 6.14. The van der Waals surface area contributed by atoms with Crippen molar-refractivity contribution in [2.24, 2.45) is 0 Å². The standard InChI is InChI=1S/C15H10BrF2N3O2/c1-22-12-6-10-13(21-15(12)16)11(2-3-20-10)23-14-8(17)4-7(19)5-9(14)18/h2-6H,19H2,1H3. The van der Waals surface area contributed by atoms with Gasteiger partial charge in [-0.15, -0.1) is 0 Å². The number of hydrogen-bond donors (Lipinski definition) is 1. The second kappa shape index (κ2) is 5.96. The van der Waals surface area contributed by atoms with Gasteiger partial charge < -0.3 is 15.2 Å². The van der Waals surface area contributed by atoms with Crippen LogP contribution < -0.4 is 15.2 Å². The van der Waals surface area contributed by atoms with Crippen molar-refractivity contribution in [2.75, 3.05) is 12.8 Å². The molecule has 0 unspecified atom stereocenters. The van der Waals surface area contributed by atoms with Crippen LogP contribution in [0.5, 0.6) is 17.2 Å². The van der Waals surface area contributed by atoms with Crippen LogP contribution in [0.15, 0.2) is 35.1 Å². The summed E-state index contributed by atoms with van der Waals surface area (Å²) in [6.45, 7) is 0. The van der Waals surface area contributed by atoms with Gasteiger partial charge in [0.05, 0.1) is 12.6 Å². The number of nitrogen functional groups attached to an aromatic ring is 1. The smallest absolute Gasteiger partial charge is 0.198 e. The Balaban J connectivity index is 2.13. The van der Waals surface area contributed by atoms with Gasteiger partial charge in [-0.2, -0.15) is 0 Å². The second-order valence-corrected chi connectivity index (χ2v) is 5.33. The van der Waals surface area contributed by atoms with Crippen molar-refractivity contribution >= 4 is 32.7 Å². The van der Waals surface area contributed by atoms with Crippen molar-refractivity contribution < 1.29 is 18.3 Å². The third kappa shape index (κ3) is 2.89. The average molecular weight is 382 g/mol. The lowest BCUT2D eigenvalue weighted by Crippen LogP contribution is -1.98. The zero-order valence-electron chi connectivity index (χ0n) is 11.8. The highest BCUT2D eigenvalue weighted by Gasteiger charge is 2.16. The van der Waals surface area contributed by atoms with E-state index in [0.717, 1.165) is 12.1 Å². The van der Waals surface area contributed by atoms with E-state index < -0.39 is 17.4 Å². The Hall–Kier alpha value is -2.48. The number of hydrogen-bond acceptors (Lipinski definition) is 5. The molecule has 0 aliphatic carbocycles. The first kappa shape index (κ1) is 15.4. The molecule has 23 heavy (non-hydrogen) atoms.